The van der Waals surface area contributed by atoms with Gasteiger partial charge in [-0.25, -0.2) is 0 Å². The first-order chi connectivity index (χ1) is 14.3. The van der Waals surface area contributed by atoms with Gasteiger partial charge in [0.15, 0.2) is 18.2 Å². The highest BCUT2D eigenvalue weighted by atomic mass is 35.5. The van der Waals surface area contributed by atoms with Crippen molar-refractivity contribution in [3.05, 3.63) is 64.7 Å². The summed E-state index contributed by atoms with van der Waals surface area (Å²) in [4.78, 5) is 26.6. The molecule has 7 nitrogen and oxygen atoms in total. The fraction of sp³-hybridized carbons (Fsp3) is 0.286. The molecule has 4 rings (SSSR count). The maximum Gasteiger partial charge on any atom is 0.309 e. The predicted molar refractivity (Wildman–Crippen MR) is 111 cm³/mol. The van der Waals surface area contributed by atoms with Crippen molar-refractivity contribution in [3.63, 3.8) is 0 Å². The van der Waals surface area contributed by atoms with Crippen molar-refractivity contribution in [1.82, 2.24) is 4.90 Å². The summed E-state index contributed by atoms with van der Waals surface area (Å²) >= 11 is 5.81. The minimum atomic E-state index is -3.67. The Labute approximate surface area is 179 Å². The van der Waals surface area contributed by atoms with Crippen LogP contribution in [0.25, 0.3) is 0 Å². The highest BCUT2D eigenvalue weighted by Crippen LogP contribution is 2.29. The van der Waals surface area contributed by atoms with Crippen LogP contribution >= 0.6 is 11.6 Å². The average Bonchev–Trinajstić information content (AvgIpc) is 3.03. The van der Waals surface area contributed by atoms with Crippen molar-refractivity contribution in [2.24, 2.45) is 10.3 Å². The molecule has 156 valence electrons. The number of amidine groups is 1. The number of hydrogen-bond donors (Lipinski definition) is 0. The normalized spacial score (nSPS) is 17.9. The summed E-state index contributed by atoms with van der Waals surface area (Å²) in [6, 6.07) is 13.1. The Balaban J connectivity index is 1.33. The Morgan fingerprint density at radius 3 is 2.43 bits per heavy atom. The van der Waals surface area contributed by atoms with E-state index >= 15 is 0 Å². The third kappa shape index (κ3) is 4.11. The minimum Gasteiger partial charge on any atom is -0.457 e. The Hall–Kier alpha value is -2.71. The van der Waals surface area contributed by atoms with Crippen molar-refractivity contribution in [2.45, 2.75) is 17.7 Å². The number of carbonyl (C=O) groups excluding carboxylic acids is 2. The molecule has 1 fully saturated rings. The third-order valence-corrected chi connectivity index (χ3v) is 6.83. The molecule has 0 aliphatic carbocycles. The van der Waals surface area contributed by atoms with E-state index in [1.807, 2.05) is 4.90 Å². The summed E-state index contributed by atoms with van der Waals surface area (Å²) in [6.45, 7) is 0.639. The van der Waals surface area contributed by atoms with Crippen molar-refractivity contribution >= 4 is 39.2 Å². The van der Waals surface area contributed by atoms with Crippen LogP contribution in [0.15, 0.2) is 57.8 Å². The number of benzene rings is 2. The fourth-order valence-corrected chi connectivity index (χ4v) is 4.97. The molecule has 2 aliphatic heterocycles. The fourth-order valence-electron chi connectivity index (χ4n) is 3.62. The monoisotopic (exact) mass is 446 g/mol. The van der Waals surface area contributed by atoms with Crippen molar-refractivity contribution in [1.29, 1.82) is 0 Å². The van der Waals surface area contributed by atoms with E-state index < -0.39 is 16.0 Å². The molecule has 0 amide bonds. The van der Waals surface area contributed by atoms with Crippen LogP contribution in [0, 0.1) is 5.92 Å². The van der Waals surface area contributed by atoms with Crippen molar-refractivity contribution < 1.29 is 22.7 Å². The number of rotatable bonds is 4. The van der Waals surface area contributed by atoms with Crippen LogP contribution in [0.5, 0.6) is 0 Å². The number of Topliss-reactive ketones (excluding diaryl/α,β-unsaturated/α-hetero) is 1. The number of ether oxygens (including phenoxy) is 1. The van der Waals surface area contributed by atoms with Crippen LogP contribution in [0.3, 0.4) is 0 Å². The number of likely N-dealkylation sites (tertiary alicyclic amines) is 1. The second kappa shape index (κ2) is 8.20. The number of piperidine rings is 1. The molecule has 30 heavy (non-hydrogen) atoms. The predicted octanol–water partition coefficient (Wildman–Crippen LogP) is 2.93. The van der Waals surface area contributed by atoms with E-state index in [2.05, 4.69) is 4.40 Å². The molecule has 2 aliphatic rings. The Morgan fingerprint density at radius 1 is 1.07 bits per heavy atom. The Bertz CT molecular complexity index is 1120. The number of nitrogens with zero attached hydrogens (tertiary/aromatic N) is 2. The van der Waals surface area contributed by atoms with E-state index in [0.717, 1.165) is 0 Å². The lowest BCUT2D eigenvalue weighted by atomic mass is 9.96. The number of ketones is 1. The van der Waals surface area contributed by atoms with E-state index in [1.54, 1.807) is 48.5 Å². The van der Waals surface area contributed by atoms with Crippen LogP contribution in [-0.2, 0) is 19.6 Å². The molecular weight excluding hydrogens is 428 g/mol. The first-order valence-electron chi connectivity index (χ1n) is 9.50. The smallest absolute Gasteiger partial charge is 0.309 e. The zero-order valence-electron chi connectivity index (χ0n) is 16.0. The molecule has 0 bridgehead atoms. The molecule has 2 aromatic carbocycles. The van der Waals surface area contributed by atoms with Gasteiger partial charge in [0.1, 0.15) is 4.90 Å². The second-order valence-electron chi connectivity index (χ2n) is 7.19. The largest absolute Gasteiger partial charge is 0.457 e. The first-order valence-corrected chi connectivity index (χ1v) is 11.3. The number of sulfonamides is 1. The summed E-state index contributed by atoms with van der Waals surface area (Å²) in [7, 11) is -3.67. The topological polar surface area (TPSA) is 93.1 Å². The van der Waals surface area contributed by atoms with Crippen LogP contribution < -0.4 is 0 Å². The number of esters is 1. The lowest BCUT2D eigenvalue weighted by Crippen LogP contribution is -2.40. The maximum atomic E-state index is 12.4. The Kier molecular flexibility index (Phi) is 5.62. The lowest BCUT2D eigenvalue weighted by Gasteiger charge is -2.32. The van der Waals surface area contributed by atoms with E-state index in [9.17, 15) is 18.0 Å². The number of hydrogen-bond acceptors (Lipinski definition) is 6. The highest BCUT2D eigenvalue weighted by molar-refractivity contribution is 7.90. The molecule has 0 spiro atoms. The number of fused-ring (bicyclic) bond motifs is 1. The lowest BCUT2D eigenvalue weighted by molar-refractivity contribution is -0.148. The number of halogens is 1. The van der Waals surface area contributed by atoms with Crippen LogP contribution in [0.2, 0.25) is 5.02 Å². The first kappa shape index (κ1) is 20.6. The Morgan fingerprint density at radius 2 is 1.73 bits per heavy atom. The van der Waals surface area contributed by atoms with Crippen LogP contribution in [-0.4, -0.2) is 50.6 Å². The quantitative estimate of drug-likeness (QED) is 0.529. The molecule has 0 saturated carbocycles. The zero-order valence-corrected chi connectivity index (χ0v) is 17.5. The number of carbonyl (C=O) groups is 2. The molecule has 2 aromatic rings. The molecule has 0 N–H and O–H groups in total. The standard InChI is InChI=1S/C21H19ClN2O5S/c22-16-7-5-14(6-8-16)18(25)13-29-21(26)15-9-11-24(12-10-15)20-17-3-1-2-4-19(17)30(27,28)23-20/h1-8,15H,9-13H2. The molecule has 2 heterocycles. The maximum absolute atomic E-state index is 12.4. The summed E-state index contributed by atoms with van der Waals surface area (Å²) in [6.07, 6.45) is 0.990. The van der Waals surface area contributed by atoms with Crippen molar-refractivity contribution in [2.75, 3.05) is 19.7 Å². The van der Waals surface area contributed by atoms with Gasteiger partial charge in [-0.2, -0.15) is 8.42 Å². The van der Waals surface area contributed by atoms with E-state index in [-0.39, 0.29) is 23.2 Å². The van der Waals surface area contributed by atoms with E-state index in [4.69, 9.17) is 16.3 Å². The second-order valence-corrected chi connectivity index (χ2v) is 9.19. The van der Waals surface area contributed by atoms with Crippen molar-refractivity contribution in [3.8, 4) is 0 Å². The SMILES string of the molecule is O=C(COC(=O)C1CCN(C2=NS(=O)(=O)c3ccccc32)CC1)c1ccc(Cl)cc1. The minimum absolute atomic E-state index is 0.210. The van der Waals surface area contributed by atoms with Crippen LogP contribution in [0.1, 0.15) is 28.8 Å². The van der Waals surface area contributed by atoms with Gasteiger partial charge >= 0.3 is 5.97 Å². The summed E-state index contributed by atoms with van der Waals surface area (Å²) < 4.78 is 33.6. The van der Waals surface area contributed by atoms with E-state index in [1.165, 1.54) is 0 Å². The van der Waals surface area contributed by atoms with Gasteiger partial charge in [0.2, 0.25) is 0 Å². The molecule has 9 heteroatoms. The molecular formula is C21H19ClN2O5S. The van der Waals surface area contributed by atoms with Gasteiger partial charge < -0.3 is 9.64 Å². The zero-order chi connectivity index (χ0) is 21.3. The van der Waals surface area contributed by atoms with Gasteiger partial charge in [0, 0.05) is 29.2 Å². The summed E-state index contributed by atoms with van der Waals surface area (Å²) in [5, 5.41) is 0.526. The van der Waals surface area contributed by atoms with E-state index in [0.29, 0.717) is 47.9 Å². The molecule has 0 aromatic heterocycles. The summed E-state index contributed by atoms with van der Waals surface area (Å²) in [5.74, 6) is -0.624. The summed E-state index contributed by atoms with van der Waals surface area (Å²) in [5.41, 5.74) is 1.02. The molecule has 1 saturated heterocycles. The van der Waals surface area contributed by atoms with Gasteiger partial charge in [-0.1, -0.05) is 23.7 Å². The molecule has 0 radical (unpaired) electrons. The van der Waals surface area contributed by atoms with Gasteiger partial charge in [-0.15, -0.1) is 4.40 Å². The van der Waals surface area contributed by atoms with Gasteiger partial charge in [-0.05, 0) is 49.2 Å². The van der Waals surface area contributed by atoms with Gasteiger partial charge in [-0.3, -0.25) is 9.59 Å². The van der Waals surface area contributed by atoms with Gasteiger partial charge in [0.25, 0.3) is 10.0 Å². The molecule has 0 unspecified atom stereocenters. The third-order valence-electron chi connectivity index (χ3n) is 5.25. The van der Waals surface area contributed by atoms with Gasteiger partial charge in [0.05, 0.1) is 5.92 Å². The average molecular weight is 447 g/mol. The highest BCUT2D eigenvalue weighted by Gasteiger charge is 2.34. The molecule has 0 atom stereocenters. The van der Waals surface area contributed by atoms with Crippen LogP contribution in [0.4, 0.5) is 0 Å².